The molecular weight excluding hydrogens is 585 g/mol. The molecule has 0 saturated heterocycles. The maximum atomic E-state index is 13.8. The van der Waals surface area contributed by atoms with Crippen LogP contribution in [0.4, 0.5) is 19.1 Å². The number of ether oxygens (including phenoxy) is 1. The zero-order valence-electron chi connectivity index (χ0n) is 22.6. The third-order valence-corrected chi connectivity index (χ3v) is 7.25. The number of carbonyl (C=O) groups is 2. The number of aryl methyl sites for hydroxylation is 2. The van der Waals surface area contributed by atoms with E-state index in [4.69, 9.17) is 13.6 Å². The van der Waals surface area contributed by atoms with Gasteiger partial charge >= 0.3 is 18.0 Å². The number of benzene rings is 1. The van der Waals surface area contributed by atoms with E-state index in [2.05, 4.69) is 10.3 Å². The Bertz CT molecular complexity index is 1480. The van der Waals surface area contributed by atoms with Gasteiger partial charge in [-0.15, -0.1) is 12.4 Å². The van der Waals surface area contributed by atoms with E-state index in [1.165, 1.54) is 6.92 Å². The molecule has 0 radical (unpaired) electrons. The summed E-state index contributed by atoms with van der Waals surface area (Å²) in [5.41, 5.74) is 1.67. The molecule has 1 aromatic carbocycles. The first-order valence-corrected chi connectivity index (χ1v) is 13.2. The van der Waals surface area contributed by atoms with E-state index >= 15 is 0 Å². The quantitative estimate of drug-likeness (QED) is 0.367. The molecule has 2 N–H and O–H groups in total. The van der Waals surface area contributed by atoms with Crippen LogP contribution < -0.4 is 15.9 Å². The maximum Gasteiger partial charge on any atom is 0.519 e. The van der Waals surface area contributed by atoms with Gasteiger partial charge < -0.3 is 33.5 Å². The van der Waals surface area contributed by atoms with Gasteiger partial charge in [0.25, 0.3) is 0 Å². The molecule has 0 saturated carbocycles. The minimum absolute atomic E-state index is 0. The molecule has 3 aromatic rings. The van der Waals surface area contributed by atoms with Gasteiger partial charge in [-0.2, -0.15) is 13.2 Å². The van der Waals surface area contributed by atoms with Crippen molar-refractivity contribution in [1.29, 1.82) is 0 Å². The van der Waals surface area contributed by atoms with E-state index in [1.54, 1.807) is 18.2 Å². The number of carbonyl (C=O) groups excluding carboxylic acids is 1. The van der Waals surface area contributed by atoms with Crippen LogP contribution in [0.25, 0.3) is 0 Å². The van der Waals surface area contributed by atoms with Crippen molar-refractivity contribution in [3.05, 3.63) is 63.4 Å². The van der Waals surface area contributed by atoms with Gasteiger partial charge in [0.2, 0.25) is 11.9 Å². The highest BCUT2D eigenvalue weighted by atomic mass is 35.5. The summed E-state index contributed by atoms with van der Waals surface area (Å²) >= 11 is 0. The number of aromatic nitrogens is 2. The van der Waals surface area contributed by atoms with Gasteiger partial charge in [0.1, 0.15) is 18.1 Å². The molecule has 228 valence electrons. The Morgan fingerprint density at radius 2 is 2.05 bits per heavy atom. The summed E-state index contributed by atoms with van der Waals surface area (Å²) in [6.07, 6.45) is -2.34. The highest BCUT2D eigenvalue weighted by molar-refractivity contribution is 5.85. The summed E-state index contributed by atoms with van der Waals surface area (Å²) in [6, 6.07) is 3.61. The van der Waals surface area contributed by atoms with Crippen molar-refractivity contribution in [3.8, 4) is 5.75 Å². The number of imidazole rings is 1. The van der Waals surface area contributed by atoms with Crippen molar-refractivity contribution < 1.29 is 41.4 Å². The molecule has 11 nitrogen and oxygen atoms in total. The number of rotatable bonds is 9. The minimum Gasteiger partial charge on any atom is -0.493 e. The Hall–Kier alpha value is -3.94. The fourth-order valence-corrected chi connectivity index (χ4v) is 5.40. The Morgan fingerprint density at radius 3 is 2.71 bits per heavy atom. The molecule has 0 aliphatic carbocycles. The number of hydrogen-bond acceptors (Lipinski definition) is 8. The van der Waals surface area contributed by atoms with E-state index in [-0.39, 0.29) is 43.4 Å². The normalized spacial score (nSPS) is 18.4. The number of fused-ring (bicyclic) bond motifs is 2. The van der Waals surface area contributed by atoms with Crippen LogP contribution in [0.3, 0.4) is 0 Å². The van der Waals surface area contributed by atoms with Crippen molar-refractivity contribution >= 4 is 30.2 Å². The van der Waals surface area contributed by atoms with E-state index in [1.807, 2.05) is 10.8 Å². The predicted molar refractivity (Wildman–Crippen MR) is 144 cm³/mol. The van der Waals surface area contributed by atoms with Crippen LogP contribution in [0.2, 0.25) is 0 Å². The van der Waals surface area contributed by atoms with Crippen LogP contribution in [0.5, 0.6) is 5.75 Å². The van der Waals surface area contributed by atoms with Crippen molar-refractivity contribution in [2.45, 2.75) is 57.8 Å². The molecule has 2 aliphatic rings. The Kier molecular flexibility index (Phi) is 9.24. The monoisotopic (exact) mass is 614 g/mol. The highest BCUT2D eigenvalue weighted by Gasteiger charge is 2.43. The first-order valence-electron chi connectivity index (χ1n) is 13.2. The average molecular weight is 615 g/mol. The Morgan fingerprint density at radius 1 is 1.26 bits per heavy atom. The lowest BCUT2D eigenvalue weighted by Gasteiger charge is -2.32. The molecule has 42 heavy (non-hydrogen) atoms. The van der Waals surface area contributed by atoms with E-state index in [9.17, 15) is 32.7 Å². The van der Waals surface area contributed by atoms with Gasteiger partial charge in [-0.25, -0.2) is 9.78 Å². The molecule has 5 rings (SSSR count). The number of alkyl halides is 3. The molecular formula is C27H30ClF3N4O7. The predicted octanol–water partition coefficient (Wildman–Crippen LogP) is 3.92. The van der Waals surface area contributed by atoms with Gasteiger partial charge in [0.15, 0.2) is 5.76 Å². The lowest BCUT2D eigenvalue weighted by molar-refractivity contribution is -0.169. The zero-order valence-corrected chi connectivity index (χ0v) is 23.4. The first-order chi connectivity index (χ1) is 19.5. The molecule has 2 atom stereocenters. The second-order valence-electron chi connectivity index (χ2n) is 10.2. The standard InChI is InChI=1S/C27H29F3N4O7.ClH/c1-15-22(41-26(38)40-15)12-21-20-11-19(39-8-5-18-13-33-7-2-6-31-25(33)32-18)4-3-16(20)9-17(10-23(35)36)24(37)34(21)14-27(28,29)30;/h3-4,11,13,17,21H,2,5-10,12,14H2,1H3,(H,31,32)(H,35,36);1H/t17-,21?;/m0./s1. The fourth-order valence-electron chi connectivity index (χ4n) is 5.40. The third kappa shape index (κ3) is 7.09. The molecule has 2 aliphatic heterocycles. The van der Waals surface area contributed by atoms with Gasteiger partial charge in [0, 0.05) is 32.1 Å². The molecule has 0 spiro atoms. The number of anilines is 1. The molecule has 1 unspecified atom stereocenters. The first kappa shape index (κ1) is 31.0. The largest absolute Gasteiger partial charge is 0.519 e. The maximum absolute atomic E-state index is 13.8. The number of nitrogens with one attached hydrogen (secondary N) is 1. The second kappa shape index (κ2) is 12.5. The molecule has 0 bridgehead atoms. The number of carboxylic acid groups (broad SMARTS) is 1. The van der Waals surface area contributed by atoms with Crippen LogP contribution >= 0.6 is 12.4 Å². The number of aliphatic carboxylic acids is 1. The van der Waals surface area contributed by atoms with Crippen LogP contribution in [-0.2, 0) is 35.4 Å². The smallest absolute Gasteiger partial charge is 0.493 e. The molecule has 2 aromatic heterocycles. The second-order valence-corrected chi connectivity index (χ2v) is 10.2. The van der Waals surface area contributed by atoms with Crippen molar-refractivity contribution in [3.63, 3.8) is 0 Å². The SMILES string of the molecule is Cc1oc(=O)oc1CC1c2cc(OCCc3cn4c(n3)NCCC4)ccc2C[C@@H](CC(=O)O)C(=O)N1CC(F)(F)F.Cl. The van der Waals surface area contributed by atoms with Crippen molar-refractivity contribution in [2.24, 2.45) is 5.92 Å². The van der Waals surface area contributed by atoms with Crippen molar-refractivity contribution in [2.75, 3.05) is 25.0 Å². The highest BCUT2D eigenvalue weighted by Crippen LogP contribution is 2.39. The van der Waals surface area contributed by atoms with Gasteiger partial charge in [-0.05, 0) is 43.0 Å². The lowest BCUT2D eigenvalue weighted by atomic mass is 9.92. The summed E-state index contributed by atoms with van der Waals surface area (Å²) in [4.78, 5) is 41.8. The zero-order chi connectivity index (χ0) is 29.3. The van der Waals surface area contributed by atoms with E-state index in [0.717, 1.165) is 31.2 Å². The number of hydrogen-bond donors (Lipinski definition) is 2. The summed E-state index contributed by atoms with van der Waals surface area (Å²) < 4.78 is 59.2. The van der Waals surface area contributed by atoms with Crippen LogP contribution in [0.15, 0.2) is 38.0 Å². The van der Waals surface area contributed by atoms with Crippen LogP contribution in [-0.4, -0.2) is 57.3 Å². The van der Waals surface area contributed by atoms with E-state index < -0.39 is 48.8 Å². The molecule has 1 amide bonds. The number of amides is 1. The summed E-state index contributed by atoms with van der Waals surface area (Å²) in [7, 11) is 0. The van der Waals surface area contributed by atoms with E-state index in [0.29, 0.717) is 28.2 Å². The van der Waals surface area contributed by atoms with Gasteiger partial charge in [0.05, 0.1) is 30.7 Å². The average Bonchev–Trinajstić information content (AvgIpc) is 3.43. The Labute approximate surface area is 244 Å². The summed E-state index contributed by atoms with van der Waals surface area (Å²) in [6.45, 7) is 1.78. The van der Waals surface area contributed by atoms with Crippen LogP contribution in [0.1, 0.15) is 47.2 Å². The van der Waals surface area contributed by atoms with Gasteiger partial charge in [-0.3, -0.25) is 9.59 Å². The fraction of sp³-hybridized carbons (Fsp3) is 0.481. The van der Waals surface area contributed by atoms with Crippen molar-refractivity contribution in [1.82, 2.24) is 14.5 Å². The topological polar surface area (TPSA) is 140 Å². The lowest BCUT2D eigenvalue weighted by Crippen LogP contribution is -2.44. The van der Waals surface area contributed by atoms with Crippen LogP contribution in [0, 0.1) is 12.8 Å². The van der Waals surface area contributed by atoms with Gasteiger partial charge in [-0.1, -0.05) is 6.07 Å². The molecule has 4 heterocycles. The number of nitrogens with zero attached hydrogens (tertiary/aromatic N) is 3. The molecule has 15 heteroatoms. The molecule has 0 fully saturated rings. The minimum atomic E-state index is -4.77. The third-order valence-electron chi connectivity index (χ3n) is 7.25. The summed E-state index contributed by atoms with van der Waals surface area (Å²) in [5.74, 6) is -3.26. The summed E-state index contributed by atoms with van der Waals surface area (Å²) in [5, 5.41) is 12.6. The number of carboxylic acids is 1. The number of halogens is 4. The Balaban J connectivity index is 0.00000405.